The number of benzene rings is 3. The second-order valence-electron chi connectivity index (χ2n) is 6.93. The molecule has 0 radical (unpaired) electrons. The van der Waals surface area contributed by atoms with Crippen LogP contribution in [0.15, 0.2) is 89.9 Å². The first kappa shape index (κ1) is 19.9. The Morgan fingerprint density at radius 3 is 2.40 bits per heavy atom. The summed E-state index contributed by atoms with van der Waals surface area (Å²) in [6, 6.07) is 23.9. The van der Waals surface area contributed by atoms with E-state index in [0.29, 0.717) is 28.0 Å². The van der Waals surface area contributed by atoms with Gasteiger partial charge in [-0.3, -0.25) is 14.9 Å². The predicted octanol–water partition coefficient (Wildman–Crippen LogP) is 4.65. The van der Waals surface area contributed by atoms with Crippen LogP contribution in [0.5, 0.6) is 0 Å². The maximum atomic E-state index is 13.2. The number of anilines is 1. The molecule has 6 heteroatoms. The molecule has 0 bridgehead atoms. The Kier molecular flexibility index (Phi) is 5.93. The molecule has 30 heavy (non-hydrogen) atoms. The van der Waals surface area contributed by atoms with Crippen molar-refractivity contribution in [1.82, 2.24) is 10.3 Å². The van der Waals surface area contributed by atoms with Crippen LogP contribution in [0.25, 0.3) is 10.8 Å². The smallest absolute Gasteiger partial charge is 0.255 e. The maximum absolute atomic E-state index is 13.2. The lowest BCUT2D eigenvalue weighted by molar-refractivity contribution is -0.118. The largest absolute Gasteiger partial charge is 0.329 e. The summed E-state index contributed by atoms with van der Waals surface area (Å²) in [7, 11) is 0. The summed E-state index contributed by atoms with van der Waals surface area (Å²) in [5.41, 5.74) is 2.16. The first-order chi connectivity index (χ1) is 14.6. The van der Waals surface area contributed by atoms with Crippen molar-refractivity contribution < 1.29 is 4.79 Å². The van der Waals surface area contributed by atoms with Gasteiger partial charge in [0.15, 0.2) is 0 Å². The molecule has 150 valence electrons. The minimum absolute atomic E-state index is 0.223. The molecule has 5 nitrogen and oxygen atoms in total. The fourth-order valence-corrected chi connectivity index (χ4v) is 3.54. The fourth-order valence-electron chi connectivity index (χ4n) is 3.33. The van der Waals surface area contributed by atoms with Crippen LogP contribution < -0.4 is 16.2 Å². The number of carbonyl (C=O) groups excluding carboxylic acids is 1. The maximum Gasteiger partial charge on any atom is 0.255 e. The van der Waals surface area contributed by atoms with Gasteiger partial charge >= 0.3 is 0 Å². The lowest BCUT2D eigenvalue weighted by Gasteiger charge is -2.20. The highest BCUT2D eigenvalue weighted by molar-refractivity contribution is 6.34. The molecule has 4 rings (SSSR count). The number of aromatic amines is 1. The summed E-state index contributed by atoms with van der Waals surface area (Å²) in [6.45, 7) is 0.536. The second kappa shape index (κ2) is 8.95. The Hall–Kier alpha value is -3.41. The summed E-state index contributed by atoms with van der Waals surface area (Å²) < 4.78 is 0. The molecule has 3 N–H and O–H groups in total. The number of H-pyrrole nitrogens is 1. The van der Waals surface area contributed by atoms with Crippen LogP contribution in [-0.4, -0.2) is 10.9 Å². The van der Waals surface area contributed by atoms with E-state index in [2.05, 4.69) is 15.6 Å². The number of aromatic nitrogens is 1. The van der Waals surface area contributed by atoms with Crippen LogP contribution in [0.2, 0.25) is 5.02 Å². The van der Waals surface area contributed by atoms with E-state index in [1.165, 1.54) is 0 Å². The van der Waals surface area contributed by atoms with Crippen molar-refractivity contribution >= 4 is 34.0 Å². The van der Waals surface area contributed by atoms with E-state index >= 15 is 0 Å². The highest BCUT2D eigenvalue weighted by atomic mass is 35.5. The van der Waals surface area contributed by atoms with E-state index in [1.54, 1.807) is 24.4 Å². The Labute approximate surface area is 178 Å². The first-order valence-electron chi connectivity index (χ1n) is 9.56. The number of fused-ring (bicyclic) bond motifs is 1. The summed E-state index contributed by atoms with van der Waals surface area (Å²) in [5.74, 6) is -0.233. The molecule has 0 fully saturated rings. The van der Waals surface area contributed by atoms with Gasteiger partial charge in [0.25, 0.3) is 5.56 Å². The van der Waals surface area contributed by atoms with Crippen LogP contribution in [0.4, 0.5) is 5.69 Å². The quantitative estimate of drug-likeness (QED) is 0.427. The van der Waals surface area contributed by atoms with Crippen LogP contribution in [0.3, 0.4) is 0 Å². The van der Waals surface area contributed by atoms with Gasteiger partial charge in [-0.25, -0.2) is 0 Å². The van der Waals surface area contributed by atoms with Crippen molar-refractivity contribution in [2.75, 3.05) is 5.32 Å². The zero-order valence-corrected chi connectivity index (χ0v) is 16.8. The van der Waals surface area contributed by atoms with Gasteiger partial charge in [-0.1, -0.05) is 72.3 Å². The SMILES string of the molecule is O=C(Nc1cc2cc[nH]c(=O)c2cc1Cl)C(NCc1ccccc1)c1ccccc1. The Balaban J connectivity index is 1.61. The van der Waals surface area contributed by atoms with Crippen LogP contribution in [0, 0.1) is 0 Å². The van der Waals surface area contributed by atoms with E-state index in [1.807, 2.05) is 60.7 Å². The summed E-state index contributed by atoms with van der Waals surface area (Å²) in [4.78, 5) is 27.8. The number of rotatable bonds is 6. The molecule has 0 spiro atoms. The summed E-state index contributed by atoms with van der Waals surface area (Å²) >= 11 is 6.36. The van der Waals surface area contributed by atoms with E-state index in [-0.39, 0.29) is 11.5 Å². The molecule has 0 aliphatic heterocycles. The number of nitrogens with one attached hydrogen (secondary N) is 3. The lowest BCUT2D eigenvalue weighted by Crippen LogP contribution is -2.32. The van der Waals surface area contributed by atoms with E-state index < -0.39 is 6.04 Å². The zero-order chi connectivity index (χ0) is 20.9. The zero-order valence-electron chi connectivity index (χ0n) is 16.1. The normalized spacial score (nSPS) is 11.9. The van der Waals surface area contributed by atoms with Crippen molar-refractivity contribution in [3.63, 3.8) is 0 Å². The number of halogens is 1. The third-order valence-corrected chi connectivity index (χ3v) is 5.18. The summed E-state index contributed by atoms with van der Waals surface area (Å²) in [6.07, 6.45) is 1.57. The van der Waals surface area contributed by atoms with E-state index in [4.69, 9.17) is 11.6 Å². The average molecular weight is 418 g/mol. The van der Waals surface area contributed by atoms with Gasteiger partial charge < -0.3 is 10.3 Å². The second-order valence-corrected chi connectivity index (χ2v) is 7.33. The van der Waals surface area contributed by atoms with Gasteiger partial charge in [0, 0.05) is 18.1 Å². The standard InChI is InChI=1S/C24H20ClN3O2/c25-20-14-19-18(11-12-26-23(19)29)13-21(20)28-24(30)22(17-9-5-2-6-10-17)27-15-16-7-3-1-4-8-16/h1-14,22,27H,15H2,(H,26,29)(H,28,30). The molecule has 1 atom stereocenters. The number of hydrogen-bond acceptors (Lipinski definition) is 3. The van der Waals surface area contributed by atoms with Gasteiger partial charge in [0.2, 0.25) is 5.91 Å². The third kappa shape index (κ3) is 4.43. The van der Waals surface area contributed by atoms with Crippen LogP contribution in [0.1, 0.15) is 17.2 Å². The van der Waals surface area contributed by atoms with E-state index in [0.717, 1.165) is 11.1 Å². The summed E-state index contributed by atoms with van der Waals surface area (Å²) in [5, 5.41) is 7.72. The van der Waals surface area contributed by atoms with Crippen molar-refractivity contribution in [1.29, 1.82) is 0 Å². The van der Waals surface area contributed by atoms with Gasteiger partial charge in [-0.2, -0.15) is 0 Å². The molecule has 0 aliphatic carbocycles. The molecule has 4 aromatic rings. The third-order valence-electron chi connectivity index (χ3n) is 4.87. The molecule has 1 unspecified atom stereocenters. The highest BCUT2D eigenvalue weighted by Gasteiger charge is 2.21. The Morgan fingerprint density at radius 2 is 1.67 bits per heavy atom. The van der Waals surface area contributed by atoms with Gasteiger partial charge in [-0.15, -0.1) is 0 Å². The number of hydrogen-bond donors (Lipinski definition) is 3. The molecule has 3 aromatic carbocycles. The number of amides is 1. The molecule has 0 aliphatic rings. The van der Waals surface area contributed by atoms with Crippen LogP contribution >= 0.6 is 11.6 Å². The van der Waals surface area contributed by atoms with Crippen molar-refractivity contribution in [2.45, 2.75) is 12.6 Å². The van der Waals surface area contributed by atoms with Gasteiger partial charge in [0.1, 0.15) is 6.04 Å². The average Bonchev–Trinajstić information content (AvgIpc) is 2.77. The minimum Gasteiger partial charge on any atom is -0.329 e. The highest BCUT2D eigenvalue weighted by Crippen LogP contribution is 2.27. The minimum atomic E-state index is -0.572. The first-order valence-corrected chi connectivity index (χ1v) is 9.94. The van der Waals surface area contributed by atoms with Crippen molar-refractivity contribution in [2.24, 2.45) is 0 Å². The van der Waals surface area contributed by atoms with Crippen LogP contribution in [-0.2, 0) is 11.3 Å². The van der Waals surface area contributed by atoms with Gasteiger partial charge in [-0.05, 0) is 34.7 Å². The molecule has 1 heterocycles. The van der Waals surface area contributed by atoms with Crippen molar-refractivity contribution in [3.8, 4) is 0 Å². The van der Waals surface area contributed by atoms with Gasteiger partial charge in [0.05, 0.1) is 10.7 Å². The predicted molar refractivity (Wildman–Crippen MR) is 121 cm³/mol. The topological polar surface area (TPSA) is 74.0 Å². The Bertz CT molecular complexity index is 1220. The number of carbonyl (C=O) groups is 1. The molecule has 1 amide bonds. The Morgan fingerprint density at radius 1 is 0.967 bits per heavy atom. The van der Waals surface area contributed by atoms with E-state index in [9.17, 15) is 9.59 Å². The lowest BCUT2D eigenvalue weighted by atomic mass is 10.0. The monoisotopic (exact) mass is 417 g/mol. The fraction of sp³-hybridized carbons (Fsp3) is 0.0833. The van der Waals surface area contributed by atoms with Crippen molar-refractivity contribution in [3.05, 3.63) is 112 Å². The molecular formula is C24H20ClN3O2. The number of pyridine rings is 1. The molecular weight excluding hydrogens is 398 g/mol. The molecule has 0 saturated heterocycles. The molecule has 1 aromatic heterocycles. The molecule has 0 saturated carbocycles.